The van der Waals surface area contributed by atoms with Gasteiger partial charge in [0, 0.05) is 60.3 Å². The van der Waals surface area contributed by atoms with Gasteiger partial charge in [0.25, 0.3) is 0 Å². The fourth-order valence-electron chi connectivity index (χ4n) is 3.83. The maximum Gasteiger partial charge on any atom is 0.0464 e. The second-order valence-corrected chi connectivity index (χ2v) is 7.83. The Hall–Kier alpha value is -0.330. The summed E-state index contributed by atoms with van der Waals surface area (Å²) in [5.41, 5.74) is 3.02. The molecule has 21 heavy (non-hydrogen) atoms. The first-order chi connectivity index (χ1) is 10.2. The topological polar surface area (TPSA) is 9.72 Å². The molecule has 0 spiro atoms. The molecule has 0 N–H and O–H groups in total. The average Bonchev–Trinajstić information content (AvgIpc) is 3.07. The first-order valence-electron chi connectivity index (χ1n) is 8.09. The second kappa shape index (κ2) is 6.84. The maximum atomic E-state index is 2.66. The van der Waals surface area contributed by atoms with Crippen LogP contribution >= 0.6 is 22.9 Å². The second-order valence-electron chi connectivity index (χ2n) is 6.59. The molecule has 0 amide bonds. The van der Waals surface area contributed by atoms with Gasteiger partial charge >= 0.3 is 0 Å². The van der Waals surface area contributed by atoms with Crippen LogP contribution in [0.5, 0.6) is 0 Å². The predicted octanol–water partition coefficient (Wildman–Crippen LogP) is 3.70. The molecule has 0 saturated carbocycles. The van der Waals surface area contributed by atoms with Crippen LogP contribution in [-0.2, 0) is 0 Å². The Bertz CT molecular complexity index is 477. The molecular formula is C17H26IN3. The summed E-state index contributed by atoms with van der Waals surface area (Å²) < 4.78 is 2.49. The van der Waals surface area contributed by atoms with Gasteiger partial charge in [-0.2, -0.15) is 0 Å². The normalized spacial score (nSPS) is 27.0. The molecule has 0 aliphatic carbocycles. The summed E-state index contributed by atoms with van der Waals surface area (Å²) in [4.78, 5) is 4.99. The predicted molar refractivity (Wildman–Crippen MR) is 98.1 cm³/mol. The molecule has 2 unspecified atom stereocenters. The van der Waals surface area contributed by atoms with Crippen LogP contribution in [0, 0.1) is 0 Å². The van der Waals surface area contributed by atoms with Gasteiger partial charge in [0.15, 0.2) is 0 Å². The van der Waals surface area contributed by atoms with Gasteiger partial charge in [0.05, 0.1) is 0 Å². The van der Waals surface area contributed by atoms with E-state index in [0.717, 1.165) is 6.54 Å². The summed E-state index contributed by atoms with van der Waals surface area (Å²) in [5, 5.41) is 0. The van der Waals surface area contributed by atoms with Gasteiger partial charge in [0.1, 0.15) is 0 Å². The molecule has 2 aliphatic heterocycles. The van der Waals surface area contributed by atoms with E-state index in [1.165, 1.54) is 50.0 Å². The van der Waals surface area contributed by atoms with Crippen molar-refractivity contribution in [2.45, 2.75) is 37.8 Å². The molecule has 2 heterocycles. The van der Waals surface area contributed by atoms with Gasteiger partial charge in [-0.1, -0.05) is 18.2 Å². The minimum atomic E-state index is 0.599. The smallest absolute Gasteiger partial charge is 0.0464 e. The largest absolute Gasteiger partial charge is 0.367 e. The lowest BCUT2D eigenvalue weighted by Crippen LogP contribution is -2.38. The quantitative estimate of drug-likeness (QED) is 0.565. The van der Waals surface area contributed by atoms with Gasteiger partial charge in [-0.25, -0.2) is 3.11 Å². The van der Waals surface area contributed by atoms with Crippen molar-refractivity contribution in [3.05, 3.63) is 29.8 Å². The number of likely N-dealkylation sites (N-methyl/N-ethyl adjacent to an activating group) is 1. The molecule has 3 rings (SSSR count). The zero-order chi connectivity index (χ0) is 14.8. The van der Waals surface area contributed by atoms with E-state index in [4.69, 9.17) is 0 Å². The number of rotatable bonds is 4. The summed E-state index contributed by atoms with van der Waals surface area (Å²) in [6.07, 6.45) is 5.27. The van der Waals surface area contributed by atoms with Crippen LogP contribution in [0.15, 0.2) is 24.3 Å². The Kier molecular flexibility index (Phi) is 5.07. The minimum Gasteiger partial charge on any atom is -0.367 e. The lowest BCUT2D eigenvalue weighted by molar-refractivity contribution is 0.371. The van der Waals surface area contributed by atoms with Crippen molar-refractivity contribution in [2.24, 2.45) is 0 Å². The highest BCUT2D eigenvalue weighted by Gasteiger charge is 2.31. The number of anilines is 1. The van der Waals surface area contributed by atoms with Crippen LogP contribution in [0.3, 0.4) is 0 Å². The molecule has 2 atom stereocenters. The molecule has 116 valence electrons. The van der Waals surface area contributed by atoms with E-state index in [0.29, 0.717) is 12.1 Å². The average molecular weight is 399 g/mol. The van der Waals surface area contributed by atoms with Gasteiger partial charge in [-0.15, -0.1) is 0 Å². The lowest BCUT2D eigenvalue weighted by atomic mass is 10.0. The van der Waals surface area contributed by atoms with Gasteiger partial charge in [0.2, 0.25) is 0 Å². The van der Waals surface area contributed by atoms with Crippen molar-refractivity contribution >= 4 is 28.6 Å². The van der Waals surface area contributed by atoms with E-state index in [-0.39, 0.29) is 0 Å². The minimum absolute atomic E-state index is 0.599. The zero-order valence-electron chi connectivity index (χ0n) is 13.1. The molecule has 2 fully saturated rings. The Labute approximate surface area is 142 Å². The molecule has 0 bridgehead atoms. The van der Waals surface area contributed by atoms with E-state index in [1.54, 1.807) is 0 Å². The number of hydrogen-bond acceptors (Lipinski definition) is 3. The monoisotopic (exact) mass is 399 g/mol. The van der Waals surface area contributed by atoms with E-state index in [1.807, 2.05) is 0 Å². The number of benzene rings is 1. The first-order valence-corrected chi connectivity index (χ1v) is 9.06. The van der Waals surface area contributed by atoms with E-state index < -0.39 is 0 Å². The van der Waals surface area contributed by atoms with Crippen LogP contribution in [-0.4, -0.2) is 47.8 Å². The number of halogens is 1. The van der Waals surface area contributed by atoms with Crippen molar-refractivity contribution in [3.8, 4) is 0 Å². The van der Waals surface area contributed by atoms with Crippen molar-refractivity contribution in [1.82, 2.24) is 8.01 Å². The van der Waals surface area contributed by atoms with Crippen LogP contribution in [0.25, 0.3) is 0 Å². The summed E-state index contributed by atoms with van der Waals surface area (Å²) >= 11 is 2.51. The van der Waals surface area contributed by atoms with Crippen LogP contribution < -0.4 is 4.90 Å². The molecular weight excluding hydrogens is 373 g/mol. The van der Waals surface area contributed by atoms with Crippen molar-refractivity contribution in [2.75, 3.05) is 38.6 Å². The number of para-hydroxylation sites is 1. The zero-order valence-corrected chi connectivity index (χ0v) is 15.3. The van der Waals surface area contributed by atoms with Gasteiger partial charge < -0.3 is 9.80 Å². The SMILES string of the molecule is CN(C)CC1CCCN1c1ccccc1C1CCCN1I. The fraction of sp³-hybridized carbons (Fsp3) is 0.647. The number of hydrogen-bond donors (Lipinski definition) is 0. The van der Waals surface area contributed by atoms with Crippen LogP contribution in [0.4, 0.5) is 5.69 Å². The molecule has 0 aromatic heterocycles. The summed E-state index contributed by atoms with van der Waals surface area (Å²) in [6.45, 7) is 3.59. The van der Waals surface area contributed by atoms with Crippen LogP contribution in [0.1, 0.15) is 37.3 Å². The highest BCUT2D eigenvalue weighted by Crippen LogP contribution is 2.40. The summed E-state index contributed by atoms with van der Waals surface area (Å²) in [6, 6.07) is 10.4. The summed E-state index contributed by atoms with van der Waals surface area (Å²) in [5.74, 6) is 0. The molecule has 1 aromatic carbocycles. The van der Waals surface area contributed by atoms with Crippen molar-refractivity contribution in [1.29, 1.82) is 0 Å². The molecule has 3 nitrogen and oxygen atoms in total. The maximum absolute atomic E-state index is 2.66. The van der Waals surface area contributed by atoms with Gasteiger partial charge in [-0.05, 0) is 51.4 Å². The third-order valence-electron chi connectivity index (χ3n) is 4.75. The summed E-state index contributed by atoms with van der Waals surface area (Å²) in [7, 11) is 4.37. The van der Waals surface area contributed by atoms with E-state index in [9.17, 15) is 0 Å². The molecule has 2 aliphatic rings. The molecule has 0 radical (unpaired) electrons. The lowest BCUT2D eigenvalue weighted by Gasteiger charge is -2.32. The molecule has 1 aromatic rings. The Balaban J connectivity index is 1.87. The molecule has 4 heteroatoms. The van der Waals surface area contributed by atoms with E-state index in [2.05, 4.69) is 74.1 Å². The third-order valence-corrected chi connectivity index (χ3v) is 5.90. The standard InChI is InChI=1S/C17H26IN3/c1-19(2)13-14-7-5-11-20(14)16-9-4-3-8-15(16)17-10-6-12-21(17)18/h3-4,8-9,14,17H,5-7,10-13H2,1-2H3. The first kappa shape index (κ1) is 15.6. The van der Waals surface area contributed by atoms with Gasteiger partial charge in [-0.3, -0.25) is 0 Å². The van der Waals surface area contributed by atoms with Crippen molar-refractivity contribution in [3.63, 3.8) is 0 Å². The molecule has 2 saturated heterocycles. The Morgan fingerprint density at radius 3 is 2.62 bits per heavy atom. The van der Waals surface area contributed by atoms with Crippen LogP contribution in [0.2, 0.25) is 0 Å². The third kappa shape index (κ3) is 3.37. The Morgan fingerprint density at radius 1 is 1.14 bits per heavy atom. The van der Waals surface area contributed by atoms with Crippen molar-refractivity contribution < 1.29 is 0 Å². The highest BCUT2D eigenvalue weighted by molar-refractivity contribution is 14.1. The van der Waals surface area contributed by atoms with E-state index >= 15 is 0 Å². The highest BCUT2D eigenvalue weighted by atomic mass is 127. The Morgan fingerprint density at radius 2 is 1.90 bits per heavy atom. The fourth-order valence-corrected chi connectivity index (χ4v) is 4.75. The number of nitrogens with zero attached hydrogens (tertiary/aromatic N) is 3.